The summed E-state index contributed by atoms with van der Waals surface area (Å²) in [5.41, 5.74) is 3.46. The van der Waals surface area contributed by atoms with Crippen LogP contribution in [-0.2, 0) is 19.9 Å². The molecule has 0 amide bonds. The molecule has 3 nitrogen and oxygen atoms in total. The summed E-state index contributed by atoms with van der Waals surface area (Å²) in [7, 11) is 3.89. The van der Waals surface area contributed by atoms with Crippen molar-refractivity contribution >= 4 is 0 Å². The fraction of sp³-hybridized carbons (Fsp3) is 0.583. The first kappa shape index (κ1) is 11.8. The molecule has 82 valence electrons. The van der Waals surface area contributed by atoms with Crippen molar-refractivity contribution < 1.29 is 0 Å². The minimum Gasteiger partial charge on any atom is -0.309 e. The van der Waals surface area contributed by atoms with Crippen LogP contribution in [0.25, 0.3) is 0 Å². The molecular formula is C12H19N3. The number of rotatable bonds is 3. The molecule has 0 bridgehead atoms. The van der Waals surface area contributed by atoms with E-state index in [4.69, 9.17) is 0 Å². The van der Waals surface area contributed by atoms with Gasteiger partial charge in [0.15, 0.2) is 0 Å². The zero-order valence-electron chi connectivity index (χ0n) is 10.0. The lowest BCUT2D eigenvalue weighted by Gasteiger charge is -1.97. The highest BCUT2D eigenvalue weighted by molar-refractivity contribution is 5.42. The molecule has 0 saturated carbocycles. The van der Waals surface area contributed by atoms with Gasteiger partial charge in [-0.2, -0.15) is 5.10 Å². The highest BCUT2D eigenvalue weighted by atomic mass is 15.3. The molecule has 0 aliphatic carbocycles. The molecule has 3 heteroatoms. The molecule has 1 N–H and O–H groups in total. The molecule has 0 unspecified atom stereocenters. The Hall–Kier alpha value is -1.27. The predicted octanol–water partition coefficient (Wildman–Crippen LogP) is 1.12. The molecule has 1 aromatic rings. The summed E-state index contributed by atoms with van der Waals surface area (Å²) >= 11 is 0. The highest BCUT2D eigenvalue weighted by Crippen LogP contribution is 2.13. The van der Waals surface area contributed by atoms with Gasteiger partial charge in [0.25, 0.3) is 0 Å². The quantitative estimate of drug-likeness (QED) is 0.749. The smallest absolute Gasteiger partial charge is 0.0781 e. The molecular weight excluding hydrogens is 186 g/mol. The van der Waals surface area contributed by atoms with Gasteiger partial charge in [0, 0.05) is 7.05 Å². The second kappa shape index (κ2) is 5.57. The Morgan fingerprint density at radius 1 is 1.33 bits per heavy atom. The zero-order chi connectivity index (χ0) is 11.3. The summed E-state index contributed by atoms with van der Waals surface area (Å²) in [5, 5.41) is 7.49. The van der Waals surface area contributed by atoms with Crippen LogP contribution in [0.1, 0.15) is 30.8 Å². The van der Waals surface area contributed by atoms with Gasteiger partial charge in [0.1, 0.15) is 0 Å². The Labute approximate surface area is 91.9 Å². The van der Waals surface area contributed by atoms with Gasteiger partial charge < -0.3 is 5.32 Å². The van der Waals surface area contributed by atoms with E-state index in [0.29, 0.717) is 0 Å². The average molecular weight is 205 g/mol. The maximum atomic E-state index is 4.47. The largest absolute Gasteiger partial charge is 0.309 e. The molecule has 0 spiro atoms. The van der Waals surface area contributed by atoms with E-state index in [0.717, 1.165) is 30.6 Å². The second-order valence-corrected chi connectivity index (χ2v) is 3.43. The summed E-state index contributed by atoms with van der Waals surface area (Å²) in [5.74, 6) is 6.31. The standard InChI is InChI=1S/C12H19N3/c1-5-11-10(8-7-9-13-3)12(6-2)15(4)14-11/h13H,5-6,9H2,1-4H3. The fourth-order valence-corrected chi connectivity index (χ4v) is 1.64. The van der Waals surface area contributed by atoms with Gasteiger partial charge in [0.2, 0.25) is 0 Å². The third kappa shape index (κ3) is 2.60. The van der Waals surface area contributed by atoms with Crippen molar-refractivity contribution in [2.45, 2.75) is 26.7 Å². The molecule has 1 heterocycles. The van der Waals surface area contributed by atoms with E-state index in [-0.39, 0.29) is 0 Å². The van der Waals surface area contributed by atoms with E-state index < -0.39 is 0 Å². The Morgan fingerprint density at radius 2 is 2.07 bits per heavy atom. The molecule has 1 rings (SSSR count). The summed E-state index contributed by atoms with van der Waals surface area (Å²) in [6.07, 6.45) is 1.92. The van der Waals surface area contributed by atoms with Crippen LogP contribution < -0.4 is 5.32 Å². The van der Waals surface area contributed by atoms with Crippen LogP contribution in [-0.4, -0.2) is 23.4 Å². The van der Waals surface area contributed by atoms with Crippen molar-refractivity contribution in [3.63, 3.8) is 0 Å². The maximum absolute atomic E-state index is 4.47. The summed E-state index contributed by atoms with van der Waals surface area (Å²) in [6, 6.07) is 0. The van der Waals surface area contributed by atoms with Crippen LogP contribution in [0.3, 0.4) is 0 Å². The van der Waals surface area contributed by atoms with Gasteiger partial charge in [-0.1, -0.05) is 25.7 Å². The van der Waals surface area contributed by atoms with E-state index in [2.05, 4.69) is 36.1 Å². The maximum Gasteiger partial charge on any atom is 0.0781 e. The van der Waals surface area contributed by atoms with Gasteiger partial charge in [0.05, 0.1) is 23.5 Å². The van der Waals surface area contributed by atoms with E-state index >= 15 is 0 Å². The Morgan fingerprint density at radius 3 is 2.60 bits per heavy atom. The van der Waals surface area contributed by atoms with Crippen LogP contribution in [0, 0.1) is 11.8 Å². The normalized spacial score (nSPS) is 9.87. The summed E-state index contributed by atoms with van der Waals surface area (Å²) in [6.45, 7) is 4.98. The van der Waals surface area contributed by atoms with E-state index in [1.165, 1.54) is 5.69 Å². The number of hydrogen-bond acceptors (Lipinski definition) is 2. The first-order valence-corrected chi connectivity index (χ1v) is 5.42. The Kier molecular flexibility index (Phi) is 4.38. The minimum atomic E-state index is 0.723. The van der Waals surface area contributed by atoms with Crippen LogP contribution >= 0.6 is 0 Å². The topological polar surface area (TPSA) is 29.9 Å². The molecule has 0 atom stereocenters. The SMILES string of the molecule is CCc1nn(C)c(CC)c1C#CCNC. The van der Waals surface area contributed by atoms with Gasteiger partial charge in [-0.15, -0.1) is 0 Å². The predicted molar refractivity (Wildman–Crippen MR) is 62.8 cm³/mol. The third-order valence-corrected chi connectivity index (χ3v) is 2.39. The number of nitrogens with one attached hydrogen (secondary N) is 1. The van der Waals surface area contributed by atoms with E-state index in [1.807, 2.05) is 18.8 Å². The number of aromatic nitrogens is 2. The monoisotopic (exact) mass is 205 g/mol. The fourth-order valence-electron chi connectivity index (χ4n) is 1.64. The number of nitrogens with zero attached hydrogens (tertiary/aromatic N) is 2. The van der Waals surface area contributed by atoms with Crippen LogP contribution in [0.15, 0.2) is 0 Å². The molecule has 0 fully saturated rings. The summed E-state index contributed by atoms with van der Waals surface area (Å²) < 4.78 is 1.95. The van der Waals surface area contributed by atoms with Gasteiger partial charge in [-0.05, 0) is 19.9 Å². The van der Waals surface area contributed by atoms with E-state index in [9.17, 15) is 0 Å². The van der Waals surface area contributed by atoms with Crippen molar-refractivity contribution in [2.24, 2.45) is 7.05 Å². The van der Waals surface area contributed by atoms with E-state index in [1.54, 1.807) is 0 Å². The van der Waals surface area contributed by atoms with Crippen LogP contribution in [0.2, 0.25) is 0 Å². The Balaban J connectivity index is 3.08. The van der Waals surface area contributed by atoms with Gasteiger partial charge in [-0.25, -0.2) is 0 Å². The van der Waals surface area contributed by atoms with Crippen molar-refractivity contribution in [3.05, 3.63) is 17.0 Å². The van der Waals surface area contributed by atoms with Crippen molar-refractivity contribution in [1.29, 1.82) is 0 Å². The van der Waals surface area contributed by atoms with Crippen molar-refractivity contribution in [2.75, 3.05) is 13.6 Å². The minimum absolute atomic E-state index is 0.723. The van der Waals surface area contributed by atoms with Gasteiger partial charge in [-0.3, -0.25) is 4.68 Å². The van der Waals surface area contributed by atoms with Crippen LogP contribution in [0.5, 0.6) is 0 Å². The van der Waals surface area contributed by atoms with Crippen molar-refractivity contribution in [1.82, 2.24) is 15.1 Å². The van der Waals surface area contributed by atoms with Crippen LogP contribution in [0.4, 0.5) is 0 Å². The molecule has 0 saturated heterocycles. The lowest BCUT2D eigenvalue weighted by Crippen LogP contribution is -2.04. The summed E-state index contributed by atoms with van der Waals surface area (Å²) in [4.78, 5) is 0. The second-order valence-electron chi connectivity index (χ2n) is 3.43. The number of hydrogen-bond donors (Lipinski definition) is 1. The molecule has 0 aliphatic heterocycles. The zero-order valence-corrected chi connectivity index (χ0v) is 10.0. The number of aryl methyl sites for hydroxylation is 2. The molecule has 1 aromatic heterocycles. The molecule has 15 heavy (non-hydrogen) atoms. The molecule has 0 aromatic carbocycles. The molecule has 0 aliphatic rings. The lowest BCUT2D eigenvalue weighted by molar-refractivity contribution is 0.704. The lowest BCUT2D eigenvalue weighted by atomic mass is 10.1. The third-order valence-electron chi connectivity index (χ3n) is 2.39. The Bertz CT molecular complexity index is 380. The first-order chi connectivity index (χ1) is 7.24. The first-order valence-electron chi connectivity index (χ1n) is 5.42. The van der Waals surface area contributed by atoms with Gasteiger partial charge >= 0.3 is 0 Å². The molecule has 0 radical (unpaired) electrons. The van der Waals surface area contributed by atoms with Crippen molar-refractivity contribution in [3.8, 4) is 11.8 Å². The highest BCUT2D eigenvalue weighted by Gasteiger charge is 2.10. The average Bonchev–Trinajstić information content (AvgIpc) is 2.55.